The number of carbonyl (C=O) groups is 1. The molecule has 0 fully saturated rings. The van der Waals surface area contributed by atoms with E-state index < -0.39 is 5.91 Å². The molecule has 0 aliphatic heterocycles. The molecule has 0 saturated carbocycles. The highest BCUT2D eigenvalue weighted by molar-refractivity contribution is 6.09. The summed E-state index contributed by atoms with van der Waals surface area (Å²) in [4.78, 5) is 12.8. The molecule has 0 radical (unpaired) electrons. The van der Waals surface area contributed by atoms with Gasteiger partial charge in [0.2, 0.25) is 0 Å². The average molecular weight is 479 g/mol. The van der Waals surface area contributed by atoms with Gasteiger partial charge in [-0.2, -0.15) is 5.26 Å². The van der Waals surface area contributed by atoms with Crippen molar-refractivity contribution in [1.29, 1.82) is 5.26 Å². The molecule has 0 aliphatic carbocycles. The highest BCUT2D eigenvalue weighted by Gasteiger charge is 2.12. The molecule has 0 saturated heterocycles. The maximum Gasteiger partial charge on any atom is 0.266 e. The van der Waals surface area contributed by atoms with E-state index in [9.17, 15) is 14.4 Å². The lowest BCUT2D eigenvalue weighted by Gasteiger charge is -2.10. The van der Waals surface area contributed by atoms with Gasteiger partial charge < -0.3 is 14.8 Å². The lowest BCUT2D eigenvalue weighted by molar-refractivity contribution is -0.112. The van der Waals surface area contributed by atoms with E-state index in [4.69, 9.17) is 9.47 Å². The smallest absolute Gasteiger partial charge is 0.266 e. The Hall–Kier alpha value is -4.89. The van der Waals surface area contributed by atoms with Gasteiger partial charge in [-0.1, -0.05) is 60.7 Å². The van der Waals surface area contributed by atoms with Gasteiger partial charge in [0.1, 0.15) is 42.2 Å². The van der Waals surface area contributed by atoms with Crippen LogP contribution in [0.2, 0.25) is 0 Å². The number of para-hydroxylation sites is 1. The highest BCUT2D eigenvalue weighted by Crippen LogP contribution is 2.23. The van der Waals surface area contributed by atoms with Crippen molar-refractivity contribution in [2.24, 2.45) is 0 Å². The number of nitrogens with one attached hydrogen (secondary N) is 1. The van der Waals surface area contributed by atoms with Crippen molar-refractivity contribution in [1.82, 2.24) is 0 Å². The minimum absolute atomic E-state index is 0.0720. The summed E-state index contributed by atoms with van der Waals surface area (Å²) < 4.78 is 24.7. The molecule has 0 heterocycles. The van der Waals surface area contributed by atoms with Gasteiger partial charge >= 0.3 is 0 Å². The van der Waals surface area contributed by atoms with Crippen LogP contribution in [0.3, 0.4) is 0 Å². The quantitative estimate of drug-likeness (QED) is 0.219. The zero-order chi connectivity index (χ0) is 25.2. The zero-order valence-corrected chi connectivity index (χ0v) is 19.4. The van der Waals surface area contributed by atoms with Crippen molar-refractivity contribution in [3.63, 3.8) is 0 Å². The molecular weight excluding hydrogens is 455 g/mol. The number of anilines is 1. The molecule has 1 amide bonds. The van der Waals surface area contributed by atoms with E-state index in [1.54, 1.807) is 60.7 Å². The molecule has 0 aliphatic rings. The standard InChI is InChI=1S/C30H23FN2O3/c31-26-12-10-23(11-13-26)21-36-29-9-5-4-8-24(29)18-25(19-32)30(34)33-27-14-16-28(17-15-27)35-20-22-6-2-1-3-7-22/h1-18H,20-21H2,(H,33,34)/b25-18+. The van der Waals surface area contributed by atoms with E-state index in [-0.39, 0.29) is 18.0 Å². The fourth-order valence-corrected chi connectivity index (χ4v) is 3.35. The fourth-order valence-electron chi connectivity index (χ4n) is 3.35. The van der Waals surface area contributed by atoms with E-state index in [0.717, 1.165) is 11.1 Å². The molecule has 4 rings (SSSR count). The number of nitrogens with zero attached hydrogens (tertiary/aromatic N) is 1. The maximum atomic E-state index is 13.1. The summed E-state index contributed by atoms with van der Waals surface area (Å²) in [5.41, 5.74) is 2.90. The molecule has 0 atom stereocenters. The summed E-state index contributed by atoms with van der Waals surface area (Å²) >= 11 is 0. The van der Waals surface area contributed by atoms with Gasteiger partial charge in [0.05, 0.1) is 0 Å². The summed E-state index contributed by atoms with van der Waals surface area (Å²) in [7, 11) is 0. The van der Waals surface area contributed by atoms with Crippen LogP contribution >= 0.6 is 0 Å². The Bertz CT molecular complexity index is 1380. The predicted molar refractivity (Wildman–Crippen MR) is 137 cm³/mol. The zero-order valence-electron chi connectivity index (χ0n) is 19.4. The fraction of sp³-hybridized carbons (Fsp3) is 0.0667. The lowest BCUT2D eigenvalue weighted by atomic mass is 10.1. The van der Waals surface area contributed by atoms with Gasteiger partial charge in [0.25, 0.3) is 5.91 Å². The van der Waals surface area contributed by atoms with Crippen LogP contribution in [-0.2, 0) is 18.0 Å². The van der Waals surface area contributed by atoms with E-state index in [1.165, 1.54) is 18.2 Å². The van der Waals surface area contributed by atoms with Crippen LogP contribution in [0.1, 0.15) is 16.7 Å². The Morgan fingerprint density at radius 2 is 1.44 bits per heavy atom. The molecule has 4 aromatic rings. The monoisotopic (exact) mass is 478 g/mol. The van der Waals surface area contributed by atoms with Crippen molar-refractivity contribution in [3.05, 3.63) is 131 Å². The van der Waals surface area contributed by atoms with Gasteiger partial charge in [-0.05, 0) is 59.7 Å². The van der Waals surface area contributed by atoms with Crippen molar-refractivity contribution in [3.8, 4) is 17.6 Å². The van der Waals surface area contributed by atoms with Crippen molar-refractivity contribution >= 4 is 17.7 Å². The number of hydrogen-bond donors (Lipinski definition) is 1. The van der Waals surface area contributed by atoms with Crippen LogP contribution in [0.5, 0.6) is 11.5 Å². The average Bonchev–Trinajstić information content (AvgIpc) is 2.92. The SMILES string of the molecule is N#C/C(=C\c1ccccc1OCc1ccc(F)cc1)C(=O)Nc1ccc(OCc2ccccc2)cc1. The van der Waals surface area contributed by atoms with Gasteiger partial charge in [-0.15, -0.1) is 0 Å². The first kappa shape index (κ1) is 24.2. The Morgan fingerprint density at radius 3 is 2.17 bits per heavy atom. The minimum atomic E-state index is -0.538. The molecule has 0 unspecified atom stereocenters. The lowest BCUT2D eigenvalue weighted by Crippen LogP contribution is -2.13. The molecule has 0 spiro atoms. The van der Waals surface area contributed by atoms with E-state index in [2.05, 4.69) is 5.32 Å². The summed E-state index contributed by atoms with van der Waals surface area (Å²) in [6, 6.07) is 31.8. The summed E-state index contributed by atoms with van der Waals surface area (Å²) in [6.45, 7) is 0.661. The third-order valence-electron chi connectivity index (χ3n) is 5.25. The van der Waals surface area contributed by atoms with Gasteiger partial charge in [0, 0.05) is 11.3 Å². The van der Waals surface area contributed by atoms with Crippen molar-refractivity contribution in [2.75, 3.05) is 5.32 Å². The first-order valence-corrected chi connectivity index (χ1v) is 11.3. The first-order valence-electron chi connectivity index (χ1n) is 11.3. The van der Waals surface area contributed by atoms with E-state index in [0.29, 0.717) is 29.4 Å². The number of rotatable bonds is 9. The summed E-state index contributed by atoms with van der Waals surface area (Å²) in [6.07, 6.45) is 1.48. The number of benzene rings is 4. The molecule has 0 aromatic heterocycles. The van der Waals surface area contributed by atoms with Crippen LogP contribution in [0.4, 0.5) is 10.1 Å². The van der Waals surface area contributed by atoms with Crippen LogP contribution in [0.25, 0.3) is 6.08 Å². The van der Waals surface area contributed by atoms with E-state index in [1.807, 2.05) is 36.4 Å². The van der Waals surface area contributed by atoms with Gasteiger partial charge in [0.15, 0.2) is 0 Å². The Morgan fingerprint density at radius 1 is 0.806 bits per heavy atom. The molecular formula is C30H23FN2O3. The molecule has 5 nitrogen and oxygen atoms in total. The molecule has 4 aromatic carbocycles. The second-order valence-electron chi connectivity index (χ2n) is 7.88. The third kappa shape index (κ3) is 6.81. The number of carbonyl (C=O) groups excluding carboxylic acids is 1. The van der Waals surface area contributed by atoms with E-state index >= 15 is 0 Å². The largest absolute Gasteiger partial charge is 0.489 e. The topological polar surface area (TPSA) is 71.3 Å². The summed E-state index contributed by atoms with van der Waals surface area (Å²) in [5, 5.41) is 12.3. The van der Waals surface area contributed by atoms with Gasteiger partial charge in [-0.25, -0.2) is 4.39 Å². The Labute approximate surface area is 209 Å². The second kappa shape index (κ2) is 12.0. The number of ether oxygens (including phenoxy) is 2. The molecule has 6 heteroatoms. The third-order valence-corrected chi connectivity index (χ3v) is 5.25. The number of halogens is 1. The molecule has 36 heavy (non-hydrogen) atoms. The van der Waals surface area contributed by atoms with Gasteiger partial charge in [-0.3, -0.25) is 4.79 Å². The number of nitriles is 1. The number of amides is 1. The summed E-state index contributed by atoms with van der Waals surface area (Å²) in [5.74, 6) is 0.312. The number of hydrogen-bond acceptors (Lipinski definition) is 4. The normalized spacial score (nSPS) is 10.8. The molecule has 178 valence electrons. The Balaban J connectivity index is 1.39. The van der Waals surface area contributed by atoms with Crippen LogP contribution in [0, 0.1) is 17.1 Å². The molecule has 0 bridgehead atoms. The van der Waals surface area contributed by atoms with Crippen molar-refractivity contribution in [2.45, 2.75) is 13.2 Å². The Kier molecular flexibility index (Phi) is 8.08. The van der Waals surface area contributed by atoms with Crippen LogP contribution in [0.15, 0.2) is 109 Å². The van der Waals surface area contributed by atoms with Crippen LogP contribution < -0.4 is 14.8 Å². The van der Waals surface area contributed by atoms with Crippen LogP contribution in [-0.4, -0.2) is 5.91 Å². The highest BCUT2D eigenvalue weighted by atomic mass is 19.1. The minimum Gasteiger partial charge on any atom is -0.489 e. The second-order valence-corrected chi connectivity index (χ2v) is 7.88. The predicted octanol–water partition coefficient (Wildman–Crippen LogP) is 6.53. The van der Waals surface area contributed by atoms with Crippen molar-refractivity contribution < 1.29 is 18.7 Å². The molecule has 1 N–H and O–H groups in total. The first-order chi connectivity index (χ1) is 17.6. The maximum absolute atomic E-state index is 13.1.